The number of thioether (sulfide) groups is 2. The summed E-state index contributed by atoms with van der Waals surface area (Å²) in [5.41, 5.74) is 1.76. The summed E-state index contributed by atoms with van der Waals surface area (Å²) in [6.07, 6.45) is 1.07. The third-order valence-electron chi connectivity index (χ3n) is 3.22. The summed E-state index contributed by atoms with van der Waals surface area (Å²) in [6, 6.07) is 6.00. The number of aliphatic carboxylic acids is 1. The van der Waals surface area contributed by atoms with Gasteiger partial charge in [0.25, 0.3) is 0 Å². The Bertz CT molecular complexity index is 653. The zero-order valence-corrected chi connectivity index (χ0v) is 13.0. The van der Waals surface area contributed by atoms with Gasteiger partial charge in [-0.3, -0.25) is 4.79 Å². The molecule has 0 amide bonds. The second-order valence-electron chi connectivity index (χ2n) is 4.57. The predicted molar refractivity (Wildman–Crippen MR) is 84.1 cm³/mol. The third kappa shape index (κ3) is 2.64. The van der Waals surface area contributed by atoms with E-state index in [2.05, 4.69) is 9.55 Å². The zero-order valence-electron chi connectivity index (χ0n) is 10.6. The summed E-state index contributed by atoms with van der Waals surface area (Å²) < 4.78 is 2.13. The molecule has 0 aliphatic carbocycles. The molecule has 1 aromatic carbocycles. The van der Waals surface area contributed by atoms with Crippen LogP contribution in [-0.4, -0.2) is 37.9 Å². The van der Waals surface area contributed by atoms with E-state index < -0.39 is 5.97 Å². The molecule has 2 aromatic rings. The van der Waals surface area contributed by atoms with Crippen LogP contribution in [0.4, 0.5) is 0 Å². The molecule has 4 nitrogen and oxygen atoms in total. The first-order chi connectivity index (χ1) is 9.66. The SMILES string of the molecule is O=C(O)CSc1nc2cccc(Cl)c2n1C1CCSC1. The summed E-state index contributed by atoms with van der Waals surface area (Å²) in [5, 5.41) is 10.3. The molecule has 1 saturated heterocycles. The third-order valence-corrected chi connectivity index (χ3v) is 5.61. The second kappa shape index (κ2) is 5.87. The molecule has 1 atom stereocenters. The van der Waals surface area contributed by atoms with Crippen molar-refractivity contribution in [1.82, 2.24) is 9.55 Å². The number of hydrogen-bond acceptors (Lipinski definition) is 4. The summed E-state index contributed by atoms with van der Waals surface area (Å²) in [4.78, 5) is 15.4. The molecule has 0 bridgehead atoms. The first-order valence-corrected chi connectivity index (χ1v) is 8.77. The lowest BCUT2D eigenvalue weighted by Gasteiger charge is -2.15. The first kappa shape index (κ1) is 14.1. The maximum atomic E-state index is 10.8. The van der Waals surface area contributed by atoms with Gasteiger partial charge in [-0.25, -0.2) is 4.98 Å². The van der Waals surface area contributed by atoms with Crippen LogP contribution in [0, 0.1) is 0 Å². The van der Waals surface area contributed by atoms with Crippen molar-refractivity contribution in [3.05, 3.63) is 23.2 Å². The molecular formula is C13H13ClN2O2S2. The van der Waals surface area contributed by atoms with Crippen LogP contribution < -0.4 is 0 Å². The Kier molecular flexibility index (Phi) is 4.14. The van der Waals surface area contributed by atoms with Crippen LogP contribution in [-0.2, 0) is 4.79 Å². The fraction of sp³-hybridized carbons (Fsp3) is 0.385. The molecule has 0 saturated carbocycles. The number of nitrogens with zero attached hydrogens (tertiary/aromatic N) is 2. The van der Waals surface area contributed by atoms with Crippen LogP contribution >= 0.6 is 35.1 Å². The van der Waals surface area contributed by atoms with Gasteiger partial charge in [0.05, 0.1) is 21.8 Å². The van der Waals surface area contributed by atoms with Crippen molar-refractivity contribution in [1.29, 1.82) is 0 Å². The van der Waals surface area contributed by atoms with E-state index in [1.165, 1.54) is 11.8 Å². The fourth-order valence-electron chi connectivity index (χ4n) is 2.38. The first-order valence-electron chi connectivity index (χ1n) is 6.25. The van der Waals surface area contributed by atoms with Gasteiger partial charge >= 0.3 is 5.97 Å². The molecule has 0 spiro atoms. The number of imidazole rings is 1. The van der Waals surface area contributed by atoms with E-state index in [4.69, 9.17) is 16.7 Å². The quantitative estimate of drug-likeness (QED) is 0.870. The Morgan fingerprint density at radius 3 is 3.15 bits per heavy atom. The van der Waals surface area contributed by atoms with Crippen LogP contribution in [0.5, 0.6) is 0 Å². The highest BCUT2D eigenvalue weighted by Gasteiger charge is 2.24. The van der Waals surface area contributed by atoms with Crippen molar-refractivity contribution < 1.29 is 9.90 Å². The monoisotopic (exact) mass is 328 g/mol. The minimum atomic E-state index is -0.833. The van der Waals surface area contributed by atoms with Gasteiger partial charge in [0.15, 0.2) is 5.16 Å². The lowest BCUT2D eigenvalue weighted by Crippen LogP contribution is -2.10. The van der Waals surface area contributed by atoms with Gasteiger partial charge in [0.1, 0.15) is 0 Å². The minimum absolute atomic E-state index is 0.0147. The normalized spacial score (nSPS) is 18.8. The number of para-hydroxylation sites is 1. The van der Waals surface area contributed by atoms with Gasteiger partial charge in [0.2, 0.25) is 0 Å². The number of rotatable bonds is 4. The van der Waals surface area contributed by atoms with Crippen LogP contribution in [0.25, 0.3) is 11.0 Å². The predicted octanol–water partition coefficient (Wildman–Crippen LogP) is 3.54. The van der Waals surface area contributed by atoms with E-state index in [1.807, 2.05) is 30.0 Å². The average molecular weight is 329 g/mol. The number of carbonyl (C=O) groups is 1. The molecule has 106 valence electrons. The summed E-state index contributed by atoms with van der Waals surface area (Å²) in [6.45, 7) is 0. The Balaban J connectivity index is 2.09. The molecule has 1 aliphatic heterocycles. The van der Waals surface area contributed by atoms with E-state index in [9.17, 15) is 4.79 Å². The highest BCUT2D eigenvalue weighted by Crippen LogP contribution is 2.37. The topological polar surface area (TPSA) is 55.1 Å². The van der Waals surface area contributed by atoms with E-state index in [1.54, 1.807) is 0 Å². The molecule has 2 heterocycles. The van der Waals surface area contributed by atoms with Crippen molar-refractivity contribution in [3.8, 4) is 0 Å². The number of carboxylic acid groups (broad SMARTS) is 1. The van der Waals surface area contributed by atoms with Gasteiger partial charge in [-0.05, 0) is 24.3 Å². The Labute approximate surface area is 129 Å². The van der Waals surface area contributed by atoms with Gasteiger partial charge in [-0.15, -0.1) is 0 Å². The van der Waals surface area contributed by atoms with E-state index in [-0.39, 0.29) is 5.75 Å². The molecule has 7 heteroatoms. The maximum absolute atomic E-state index is 10.8. The second-order valence-corrected chi connectivity index (χ2v) is 7.07. The van der Waals surface area contributed by atoms with Gasteiger partial charge in [-0.2, -0.15) is 11.8 Å². The molecule has 3 rings (SSSR count). The van der Waals surface area contributed by atoms with Crippen LogP contribution in [0.15, 0.2) is 23.4 Å². The highest BCUT2D eigenvalue weighted by molar-refractivity contribution is 8.00. The van der Waals surface area contributed by atoms with Crippen LogP contribution in [0.3, 0.4) is 0 Å². The van der Waals surface area contributed by atoms with E-state index in [0.29, 0.717) is 11.1 Å². The number of halogens is 1. The fourth-order valence-corrected chi connectivity index (χ4v) is 4.63. The van der Waals surface area contributed by atoms with Crippen LogP contribution in [0.1, 0.15) is 12.5 Å². The largest absolute Gasteiger partial charge is 0.481 e. The standard InChI is InChI=1S/C13H13ClN2O2S2/c14-9-2-1-3-10-12(9)16(8-4-5-19-6-8)13(15-10)20-7-11(17)18/h1-3,8H,4-7H2,(H,17,18). The zero-order chi connectivity index (χ0) is 14.1. The van der Waals surface area contributed by atoms with E-state index in [0.717, 1.165) is 34.1 Å². The summed E-state index contributed by atoms with van der Waals surface area (Å²) in [5.74, 6) is 1.33. The van der Waals surface area contributed by atoms with Crippen LogP contribution in [0.2, 0.25) is 5.02 Å². The van der Waals surface area contributed by atoms with Crippen molar-refractivity contribution in [2.24, 2.45) is 0 Å². The van der Waals surface area contributed by atoms with Crippen molar-refractivity contribution in [2.75, 3.05) is 17.3 Å². The lowest BCUT2D eigenvalue weighted by atomic mass is 10.2. The number of hydrogen-bond donors (Lipinski definition) is 1. The Morgan fingerprint density at radius 1 is 1.60 bits per heavy atom. The van der Waals surface area contributed by atoms with Crippen molar-refractivity contribution in [3.63, 3.8) is 0 Å². The molecule has 1 unspecified atom stereocenters. The summed E-state index contributed by atoms with van der Waals surface area (Å²) >= 11 is 9.49. The summed E-state index contributed by atoms with van der Waals surface area (Å²) in [7, 11) is 0. The average Bonchev–Trinajstić information content (AvgIpc) is 3.03. The smallest absolute Gasteiger partial charge is 0.313 e. The number of fused-ring (bicyclic) bond motifs is 1. The molecule has 1 N–H and O–H groups in total. The molecular weight excluding hydrogens is 316 g/mol. The molecule has 1 fully saturated rings. The Hall–Kier alpha value is -0.850. The number of aromatic nitrogens is 2. The molecule has 1 aromatic heterocycles. The van der Waals surface area contributed by atoms with Gasteiger partial charge in [-0.1, -0.05) is 29.4 Å². The minimum Gasteiger partial charge on any atom is -0.481 e. The van der Waals surface area contributed by atoms with Gasteiger partial charge in [0, 0.05) is 11.8 Å². The highest BCUT2D eigenvalue weighted by atomic mass is 35.5. The van der Waals surface area contributed by atoms with Crippen molar-refractivity contribution >= 4 is 52.1 Å². The number of benzene rings is 1. The lowest BCUT2D eigenvalue weighted by molar-refractivity contribution is -0.133. The van der Waals surface area contributed by atoms with Crippen molar-refractivity contribution in [2.45, 2.75) is 17.6 Å². The van der Waals surface area contributed by atoms with E-state index >= 15 is 0 Å². The molecule has 1 aliphatic rings. The van der Waals surface area contributed by atoms with Gasteiger partial charge < -0.3 is 9.67 Å². The molecule has 0 radical (unpaired) electrons. The molecule has 20 heavy (non-hydrogen) atoms. The Morgan fingerprint density at radius 2 is 2.45 bits per heavy atom. The number of carboxylic acids is 1. The maximum Gasteiger partial charge on any atom is 0.313 e.